The van der Waals surface area contributed by atoms with Crippen molar-refractivity contribution in [1.29, 1.82) is 0 Å². The summed E-state index contributed by atoms with van der Waals surface area (Å²) >= 11 is 3.23. The van der Waals surface area contributed by atoms with Crippen molar-refractivity contribution in [2.75, 3.05) is 33.5 Å². The van der Waals surface area contributed by atoms with Gasteiger partial charge in [-0.2, -0.15) is 5.10 Å². The van der Waals surface area contributed by atoms with E-state index in [9.17, 15) is 0 Å². The van der Waals surface area contributed by atoms with Crippen molar-refractivity contribution in [3.05, 3.63) is 50.3 Å². The topological polar surface area (TPSA) is 57.3 Å². The Morgan fingerprint density at radius 1 is 1.18 bits per heavy atom. The van der Waals surface area contributed by atoms with E-state index in [4.69, 9.17) is 19.3 Å². The van der Waals surface area contributed by atoms with Crippen LogP contribution in [0.2, 0.25) is 0 Å². The first kappa shape index (κ1) is 18.9. The zero-order valence-electron chi connectivity index (χ0n) is 15.8. The SMILES string of the molecule is COCCN=c1scc(-c2ccc3c(c2)OCCO3)n1/N=C\c1sccc1C. The Kier molecular flexibility index (Phi) is 5.90. The molecule has 0 unspecified atom stereocenters. The smallest absolute Gasteiger partial charge is 0.206 e. The molecule has 0 atom stereocenters. The number of hydrogen-bond donors (Lipinski definition) is 0. The first-order valence-corrected chi connectivity index (χ1v) is 10.7. The summed E-state index contributed by atoms with van der Waals surface area (Å²) in [5.74, 6) is 1.54. The molecule has 1 aliphatic rings. The third kappa shape index (κ3) is 4.04. The summed E-state index contributed by atoms with van der Waals surface area (Å²) in [7, 11) is 1.68. The quantitative estimate of drug-likeness (QED) is 0.455. The van der Waals surface area contributed by atoms with Crippen LogP contribution in [0, 0.1) is 6.92 Å². The van der Waals surface area contributed by atoms with Crippen LogP contribution in [0.4, 0.5) is 0 Å². The molecule has 28 heavy (non-hydrogen) atoms. The molecule has 0 bridgehead atoms. The molecule has 2 aromatic heterocycles. The van der Waals surface area contributed by atoms with Crippen LogP contribution in [0.25, 0.3) is 11.3 Å². The molecule has 0 N–H and O–H groups in total. The maximum Gasteiger partial charge on any atom is 0.206 e. The summed E-state index contributed by atoms with van der Waals surface area (Å²) in [6.45, 7) is 4.39. The average molecular weight is 416 g/mol. The van der Waals surface area contributed by atoms with Crippen molar-refractivity contribution >= 4 is 28.9 Å². The first-order chi connectivity index (χ1) is 13.8. The summed E-state index contributed by atoms with van der Waals surface area (Å²) < 4.78 is 18.4. The number of benzene rings is 1. The van der Waals surface area contributed by atoms with Gasteiger partial charge < -0.3 is 14.2 Å². The normalized spacial score (nSPS) is 14.1. The molecule has 3 heterocycles. The zero-order chi connectivity index (χ0) is 19.3. The van der Waals surface area contributed by atoms with Crippen LogP contribution >= 0.6 is 22.7 Å². The number of ether oxygens (including phenoxy) is 3. The number of methoxy groups -OCH3 is 1. The first-order valence-electron chi connectivity index (χ1n) is 8.94. The third-order valence-corrected chi connectivity index (χ3v) is 6.07. The lowest BCUT2D eigenvalue weighted by Gasteiger charge is -2.18. The summed E-state index contributed by atoms with van der Waals surface area (Å²) in [6, 6.07) is 8.06. The number of fused-ring (bicyclic) bond motifs is 1. The highest BCUT2D eigenvalue weighted by Gasteiger charge is 2.15. The van der Waals surface area contributed by atoms with Gasteiger partial charge in [-0.3, -0.25) is 4.99 Å². The fourth-order valence-electron chi connectivity index (χ4n) is 2.78. The van der Waals surface area contributed by atoms with Crippen molar-refractivity contribution in [2.45, 2.75) is 6.92 Å². The monoisotopic (exact) mass is 415 g/mol. The van der Waals surface area contributed by atoms with E-state index in [0.29, 0.717) is 26.4 Å². The average Bonchev–Trinajstić information content (AvgIpc) is 3.32. The van der Waals surface area contributed by atoms with E-state index in [1.165, 1.54) is 5.56 Å². The minimum absolute atomic E-state index is 0.563. The van der Waals surface area contributed by atoms with E-state index in [2.05, 4.69) is 28.7 Å². The van der Waals surface area contributed by atoms with E-state index >= 15 is 0 Å². The number of aryl methyl sites for hydroxylation is 1. The number of rotatable bonds is 6. The Hall–Kier alpha value is -2.42. The van der Waals surface area contributed by atoms with Crippen LogP contribution in [0.15, 0.2) is 45.1 Å². The van der Waals surface area contributed by atoms with Crippen molar-refractivity contribution in [2.24, 2.45) is 10.1 Å². The van der Waals surface area contributed by atoms with Gasteiger partial charge in [0.15, 0.2) is 11.5 Å². The highest BCUT2D eigenvalue weighted by atomic mass is 32.1. The molecule has 1 aliphatic heterocycles. The Morgan fingerprint density at radius 2 is 2.04 bits per heavy atom. The summed E-state index contributed by atoms with van der Waals surface area (Å²) in [4.78, 5) is 6.60. The van der Waals surface area contributed by atoms with E-state index < -0.39 is 0 Å². The van der Waals surface area contributed by atoms with Gasteiger partial charge in [0.1, 0.15) is 13.2 Å². The molecule has 1 aromatic carbocycles. The maximum atomic E-state index is 5.74. The van der Waals surface area contributed by atoms with Crippen LogP contribution < -0.4 is 14.3 Å². The molecule has 4 rings (SSSR count). The molecular weight excluding hydrogens is 394 g/mol. The molecule has 0 aliphatic carbocycles. The number of thiazole rings is 1. The van der Waals surface area contributed by atoms with Crippen molar-refractivity contribution in [1.82, 2.24) is 4.68 Å². The van der Waals surface area contributed by atoms with Crippen LogP contribution in [-0.4, -0.2) is 44.4 Å². The lowest BCUT2D eigenvalue weighted by atomic mass is 10.1. The Balaban J connectivity index is 1.75. The second-order valence-electron chi connectivity index (χ2n) is 6.16. The Bertz CT molecular complexity index is 1050. The molecule has 6 nitrogen and oxygen atoms in total. The van der Waals surface area contributed by atoms with Gasteiger partial charge >= 0.3 is 0 Å². The lowest BCUT2D eigenvalue weighted by molar-refractivity contribution is 0.171. The van der Waals surface area contributed by atoms with Gasteiger partial charge in [-0.15, -0.1) is 22.7 Å². The molecule has 0 amide bonds. The molecule has 3 aromatic rings. The predicted octanol–water partition coefficient (Wildman–Crippen LogP) is 3.79. The lowest BCUT2D eigenvalue weighted by Crippen LogP contribution is -2.16. The van der Waals surface area contributed by atoms with Gasteiger partial charge in [0.05, 0.1) is 29.9 Å². The molecule has 0 fully saturated rings. The zero-order valence-corrected chi connectivity index (χ0v) is 17.4. The fraction of sp³-hybridized carbons (Fsp3) is 0.300. The number of hydrogen-bond acceptors (Lipinski definition) is 7. The molecular formula is C20H21N3O3S2. The Labute approximate surface area is 171 Å². The van der Waals surface area contributed by atoms with Crippen molar-refractivity contribution < 1.29 is 14.2 Å². The van der Waals surface area contributed by atoms with Crippen LogP contribution in [0.3, 0.4) is 0 Å². The molecule has 0 saturated carbocycles. The molecule has 0 spiro atoms. The van der Waals surface area contributed by atoms with E-state index in [-0.39, 0.29) is 0 Å². The largest absolute Gasteiger partial charge is 0.486 e. The summed E-state index contributed by atoms with van der Waals surface area (Å²) in [5.41, 5.74) is 3.18. The molecule has 146 valence electrons. The number of thiophene rings is 1. The van der Waals surface area contributed by atoms with Crippen molar-refractivity contribution in [3.8, 4) is 22.8 Å². The predicted molar refractivity (Wildman–Crippen MR) is 113 cm³/mol. The van der Waals surface area contributed by atoms with E-state index in [0.717, 1.165) is 32.4 Å². The van der Waals surface area contributed by atoms with Crippen molar-refractivity contribution in [3.63, 3.8) is 0 Å². The third-order valence-electron chi connectivity index (χ3n) is 4.26. The Morgan fingerprint density at radius 3 is 2.82 bits per heavy atom. The molecule has 0 saturated heterocycles. The number of nitrogens with zero attached hydrogens (tertiary/aromatic N) is 3. The van der Waals surface area contributed by atoms with Gasteiger partial charge in [-0.1, -0.05) is 0 Å². The van der Waals surface area contributed by atoms with Gasteiger partial charge in [0.25, 0.3) is 0 Å². The maximum absolute atomic E-state index is 5.74. The second kappa shape index (κ2) is 8.72. The van der Waals surface area contributed by atoms with E-state index in [1.807, 2.05) is 29.1 Å². The van der Waals surface area contributed by atoms with Gasteiger partial charge in [-0.05, 0) is 42.1 Å². The second-order valence-corrected chi connectivity index (χ2v) is 7.94. The van der Waals surface area contributed by atoms with Gasteiger partial charge in [0.2, 0.25) is 4.80 Å². The number of aromatic nitrogens is 1. The van der Waals surface area contributed by atoms with Crippen LogP contribution in [0.1, 0.15) is 10.4 Å². The van der Waals surface area contributed by atoms with Crippen LogP contribution in [-0.2, 0) is 4.74 Å². The summed E-state index contributed by atoms with van der Waals surface area (Å²) in [6.07, 6.45) is 1.89. The minimum atomic E-state index is 0.563. The van der Waals surface area contributed by atoms with E-state index in [1.54, 1.807) is 29.8 Å². The van der Waals surface area contributed by atoms with Gasteiger partial charge in [-0.25, -0.2) is 4.68 Å². The highest BCUT2D eigenvalue weighted by molar-refractivity contribution is 7.11. The molecule has 0 radical (unpaired) electrons. The van der Waals surface area contributed by atoms with Crippen LogP contribution in [0.5, 0.6) is 11.5 Å². The highest BCUT2D eigenvalue weighted by Crippen LogP contribution is 2.34. The summed E-state index contributed by atoms with van der Waals surface area (Å²) in [5, 5.41) is 8.88. The molecule has 8 heteroatoms. The minimum Gasteiger partial charge on any atom is -0.486 e. The standard InChI is InChI=1S/C20H21N3O3S2/c1-14-5-10-27-19(14)12-22-23-16(13-28-20(23)21-6-7-24-2)15-3-4-17-18(11-15)26-9-8-25-17/h3-5,10-13H,6-9H2,1-2H3/b21-20?,22-12-. The fourth-order valence-corrected chi connectivity index (χ4v) is 4.42. The van der Waals surface area contributed by atoms with Gasteiger partial charge in [0, 0.05) is 18.1 Å².